The number of hydrogen-bond donors (Lipinski definition) is 1. The number of anilines is 1. The zero-order valence-electron chi connectivity index (χ0n) is 10.8. The summed E-state index contributed by atoms with van der Waals surface area (Å²) in [5.74, 6) is 0.861. The summed E-state index contributed by atoms with van der Waals surface area (Å²) in [7, 11) is 1.67. The summed E-state index contributed by atoms with van der Waals surface area (Å²) in [5.41, 5.74) is 3.20. The molecule has 0 atom stereocenters. The second-order valence-corrected chi connectivity index (χ2v) is 5.55. The first-order valence-corrected chi connectivity index (χ1v) is 7.09. The Bertz CT molecular complexity index is 586. The lowest BCUT2D eigenvalue weighted by atomic mass is 10.2. The molecule has 0 radical (unpaired) electrons. The number of aryl methyl sites for hydroxylation is 1. The molecule has 2 aromatic carbocycles. The van der Waals surface area contributed by atoms with E-state index in [9.17, 15) is 0 Å². The van der Waals surface area contributed by atoms with Gasteiger partial charge in [0.15, 0.2) is 0 Å². The highest BCUT2D eigenvalue weighted by Gasteiger charge is 2.04. The molecule has 0 aliphatic rings. The van der Waals surface area contributed by atoms with Crippen molar-refractivity contribution in [3.05, 3.63) is 57.0 Å². The van der Waals surface area contributed by atoms with Crippen LogP contribution in [0.2, 0.25) is 5.02 Å². The lowest BCUT2D eigenvalue weighted by Gasteiger charge is -2.11. The van der Waals surface area contributed by atoms with E-state index in [1.165, 1.54) is 0 Å². The molecule has 0 amide bonds. The highest BCUT2D eigenvalue weighted by atomic mass is 79.9. The molecule has 2 nitrogen and oxygen atoms in total. The quantitative estimate of drug-likeness (QED) is 0.842. The maximum atomic E-state index is 6.13. The number of ether oxygens (including phenoxy) is 1. The fourth-order valence-electron chi connectivity index (χ4n) is 1.76. The van der Waals surface area contributed by atoms with E-state index >= 15 is 0 Å². The molecule has 0 unspecified atom stereocenters. The van der Waals surface area contributed by atoms with Crippen molar-refractivity contribution in [3.8, 4) is 5.75 Å². The van der Waals surface area contributed by atoms with Crippen LogP contribution in [0.1, 0.15) is 11.1 Å². The first-order valence-electron chi connectivity index (χ1n) is 5.92. The summed E-state index contributed by atoms with van der Waals surface area (Å²) < 4.78 is 6.22. The summed E-state index contributed by atoms with van der Waals surface area (Å²) in [4.78, 5) is 0. The lowest BCUT2D eigenvalue weighted by molar-refractivity contribution is 0.414. The third-order valence-corrected chi connectivity index (χ3v) is 3.93. The third kappa shape index (κ3) is 3.64. The Kier molecular flexibility index (Phi) is 4.72. The summed E-state index contributed by atoms with van der Waals surface area (Å²) in [6.07, 6.45) is 0. The van der Waals surface area contributed by atoms with Crippen LogP contribution in [-0.2, 0) is 6.54 Å². The average Bonchev–Trinajstić information content (AvgIpc) is 2.41. The van der Waals surface area contributed by atoms with Gasteiger partial charge >= 0.3 is 0 Å². The van der Waals surface area contributed by atoms with Gasteiger partial charge in [-0.25, -0.2) is 0 Å². The molecule has 2 aromatic rings. The van der Waals surface area contributed by atoms with Crippen molar-refractivity contribution >= 4 is 33.2 Å². The Morgan fingerprint density at radius 3 is 2.79 bits per heavy atom. The van der Waals surface area contributed by atoms with E-state index < -0.39 is 0 Å². The van der Waals surface area contributed by atoms with Gasteiger partial charge in [-0.05, 0) is 58.2 Å². The van der Waals surface area contributed by atoms with Crippen molar-refractivity contribution < 1.29 is 4.74 Å². The zero-order chi connectivity index (χ0) is 13.8. The first kappa shape index (κ1) is 14.2. The normalized spacial score (nSPS) is 10.3. The van der Waals surface area contributed by atoms with E-state index in [1.54, 1.807) is 7.11 Å². The smallest absolute Gasteiger partial charge is 0.119 e. The van der Waals surface area contributed by atoms with E-state index in [0.29, 0.717) is 0 Å². The summed E-state index contributed by atoms with van der Waals surface area (Å²) in [6.45, 7) is 2.70. The molecule has 0 spiro atoms. The molecule has 0 aromatic heterocycles. The second kappa shape index (κ2) is 6.31. The van der Waals surface area contributed by atoms with Crippen LogP contribution >= 0.6 is 27.5 Å². The fourth-order valence-corrected chi connectivity index (χ4v) is 2.52. The molecule has 4 heteroatoms. The zero-order valence-corrected chi connectivity index (χ0v) is 13.2. The molecular weight excluding hydrogens is 326 g/mol. The van der Waals surface area contributed by atoms with Gasteiger partial charge in [0.05, 0.1) is 12.8 Å². The topological polar surface area (TPSA) is 21.3 Å². The predicted octanol–water partition coefficient (Wildman–Crippen LogP) is 5.03. The van der Waals surface area contributed by atoms with Crippen LogP contribution < -0.4 is 10.1 Å². The monoisotopic (exact) mass is 339 g/mol. The van der Waals surface area contributed by atoms with Gasteiger partial charge in [0.25, 0.3) is 0 Å². The minimum Gasteiger partial charge on any atom is -0.497 e. The van der Waals surface area contributed by atoms with Crippen molar-refractivity contribution in [3.63, 3.8) is 0 Å². The molecule has 0 aliphatic heterocycles. The van der Waals surface area contributed by atoms with E-state index in [0.717, 1.165) is 38.6 Å². The van der Waals surface area contributed by atoms with E-state index in [2.05, 4.69) is 27.3 Å². The minimum absolute atomic E-state index is 0.717. The van der Waals surface area contributed by atoms with Crippen LogP contribution in [0.5, 0.6) is 5.75 Å². The maximum Gasteiger partial charge on any atom is 0.119 e. The molecule has 0 heterocycles. The van der Waals surface area contributed by atoms with Crippen LogP contribution in [0.3, 0.4) is 0 Å². The Morgan fingerprint density at radius 2 is 2.05 bits per heavy atom. The van der Waals surface area contributed by atoms with Crippen LogP contribution in [0.4, 0.5) is 5.69 Å². The van der Waals surface area contributed by atoms with Gasteiger partial charge in [0.2, 0.25) is 0 Å². The molecular formula is C15H15BrClNO. The van der Waals surface area contributed by atoms with Gasteiger partial charge in [-0.15, -0.1) is 0 Å². The molecule has 100 valence electrons. The van der Waals surface area contributed by atoms with Crippen molar-refractivity contribution in [2.45, 2.75) is 13.5 Å². The van der Waals surface area contributed by atoms with Crippen molar-refractivity contribution in [1.82, 2.24) is 0 Å². The van der Waals surface area contributed by atoms with Crippen LogP contribution in [0.25, 0.3) is 0 Å². The molecule has 0 fully saturated rings. The number of benzene rings is 2. The molecule has 1 N–H and O–H groups in total. The van der Waals surface area contributed by atoms with Crippen molar-refractivity contribution in [2.75, 3.05) is 12.4 Å². The Morgan fingerprint density at radius 1 is 1.26 bits per heavy atom. The molecule has 0 aliphatic carbocycles. The lowest BCUT2D eigenvalue weighted by Crippen LogP contribution is -2.00. The first-order chi connectivity index (χ1) is 9.10. The Balaban J connectivity index is 2.12. The van der Waals surface area contributed by atoms with Crippen molar-refractivity contribution in [1.29, 1.82) is 0 Å². The maximum absolute atomic E-state index is 6.13. The minimum atomic E-state index is 0.717. The Labute approximate surface area is 126 Å². The van der Waals surface area contributed by atoms with Crippen molar-refractivity contribution in [2.24, 2.45) is 0 Å². The second-order valence-electron chi connectivity index (χ2n) is 4.29. The Hall–Kier alpha value is -1.19. The van der Waals surface area contributed by atoms with Gasteiger partial charge in [-0.3, -0.25) is 0 Å². The van der Waals surface area contributed by atoms with Gasteiger partial charge < -0.3 is 10.1 Å². The van der Waals surface area contributed by atoms with Crippen LogP contribution in [0, 0.1) is 6.92 Å². The van der Waals surface area contributed by atoms with E-state index in [-0.39, 0.29) is 0 Å². The fraction of sp³-hybridized carbons (Fsp3) is 0.200. The average molecular weight is 341 g/mol. The molecule has 0 saturated heterocycles. The SMILES string of the molecule is COc1cccc(CNc2cc(Cl)c(C)cc2Br)c1. The van der Waals surface area contributed by atoms with Gasteiger partial charge in [0.1, 0.15) is 5.75 Å². The molecule has 0 saturated carbocycles. The summed E-state index contributed by atoms with van der Waals surface area (Å²) in [5, 5.41) is 4.12. The van der Waals surface area contributed by atoms with Gasteiger partial charge in [0, 0.05) is 16.0 Å². The van der Waals surface area contributed by atoms with E-state index in [1.807, 2.05) is 37.3 Å². The molecule has 0 bridgehead atoms. The van der Waals surface area contributed by atoms with Gasteiger partial charge in [-0.2, -0.15) is 0 Å². The van der Waals surface area contributed by atoms with E-state index in [4.69, 9.17) is 16.3 Å². The number of methoxy groups -OCH3 is 1. The standard InChI is InChI=1S/C15H15BrClNO/c1-10-6-13(16)15(8-14(10)17)18-9-11-4-3-5-12(7-11)19-2/h3-8,18H,9H2,1-2H3. The highest BCUT2D eigenvalue weighted by Crippen LogP contribution is 2.29. The number of hydrogen-bond acceptors (Lipinski definition) is 2. The number of rotatable bonds is 4. The highest BCUT2D eigenvalue weighted by molar-refractivity contribution is 9.10. The van der Waals surface area contributed by atoms with Crippen LogP contribution in [0.15, 0.2) is 40.9 Å². The predicted molar refractivity (Wildman–Crippen MR) is 84.2 cm³/mol. The summed E-state index contributed by atoms with van der Waals surface area (Å²) >= 11 is 9.67. The third-order valence-electron chi connectivity index (χ3n) is 2.87. The molecule has 2 rings (SSSR count). The largest absolute Gasteiger partial charge is 0.497 e. The summed E-state index contributed by atoms with van der Waals surface area (Å²) in [6, 6.07) is 11.9. The van der Waals surface area contributed by atoms with Crippen LogP contribution in [-0.4, -0.2) is 7.11 Å². The number of halogens is 2. The number of nitrogens with one attached hydrogen (secondary N) is 1. The molecule has 19 heavy (non-hydrogen) atoms. The van der Waals surface area contributed by atoms with Gasteiger partial charge in [-0.1, -0.05) is 23.7 Å².